The summed E-state index contributed by atoms with van der Waals surface area (Å²) in [5.74, 6) is 0.0850. The fourth-order valence-corrected chi connectivity index (χ4v) is 3.99. The molecule has 1 fully saturated rings. The Hall–Kier alpha value is -0.170. The van der Waals surface area contributed by atoms with Crippen LogP contribution < -0.4 is 5.32 Å². The molecule has 19 heavy (non-hydrogen) atoms. The van der Waals surface area contributed by atoms with Gasteiger partial charge < -0.3 is 10.1 Å². The molecular formula is C13H28N2O3S. The van der Waals surface area contributed by atoms with Gasteiger partial charge in [-0.15, -0.1) is 0 Å². The molecule has 1 rings (SSSR count). The lowest BCUT2D eigenvalue weighted by molar-refractivity contribution is 0.0903. The summed E-state index contributed by atoms with van der Waals surface area (Å²) in [7, 11) is -3.21. The number of rotatable bonds is 8. The van der Waals surface area contributed by atoms with Crippen molar-refractivity contribution in [2.45, 2.75) is 52.2 Å². The molecular weight excluding hydrogens is 264 g/mol. The Kier molecular flexibility index (Phi) is 7.28. The highest BCUT2D eigenvalue weighted by molar-refractivity contribution is 7.89. The summed E-state index contributed by atoms with van der Waals surface area (Å²) in [5, 5.41) is 3.28. The Balaban J connectivity index is 2.61. The predicted octanol–water partition coefficient (Wildman–Crippen LogP) is 1.21. The van der Waals surface area contributed by atoms with Crippen molar-refractivity contribution in [3.63, 3.8) is 0 Å². The molecule has 5 nitrogen and oxygen atoms in total. The third-order valence-electron chi connectivity index (χ3n) is 3.27. The second-order valence-corrected chi connectivity index (χ2v) is 7.39. The van der Waals surface area contributed by atoms with Crippen molar-refractivity contribution in [3.05, 3.63) is 0 Å². The van der Waals surface area contributed by atoms with Gasteiger partial charge in [0.1, 0.15) is 0 Å². The predicted molar refractivity (Wildman–Crippen MR) is 77.8 cm³/mol. The molecule has 0 aromatic carbocycles. The average molecular weight is 292 g/mol. The smallest absolute Gasteiger partial charge is 0.216 e. The molecule has 0 aromatic heterocycles. The van der Waals surface area contributed by atoms with Crippen molar-refractivity contribution >= 4 is 10.0 Å². The normalized spacial score (nSPS) is 21.2. The van der Waals surface area contributed by atoms with E-state index in [9.17, 15) is 8.42 Å². The fourth-order valence-electron chi connectivity index (χ4n) is 2.35. The minimum absolute atomic E-state index is 0.0752. The number of hydrogen-bond acceptors (Lipinski definition) is 4. The quantitative estimate of drug-likeness (QED) is 0.730. The van der Waals surface area contributed by atoms with Crippen LogP contribution in [0.25, 0.3) is 0 Å². The lowest BCUT2D eigenvalue weighted by atomic mass is 10.1. The third-order valence-corrected chi connectivity index (χ3v) is 5.15. The van der Waals surface area contributed by atoms with Crippen LogP contribution in [0.2, 0.25) is 0 Å². The van der Waals surface area contributed by atoms with Crippen molar-refractivity contribution in [2.24, 2.45) is 0 Å². The van der Waals surface area contributed by atoms with E-state index in [1.54, 1.807) is 4.31 Å². The average Bonchev–Trinajstić information content (AvgIpc) is 2.36. The van der Waals surface area contributed by atoms with Crippen LogP contribution in [-0.2, 0) is 14.8 Å². The van der Waals surface area contributed by atoms with Crippen LogP contribution >= 0.6 is 0 Å². The molecule has 0 saturated carbocycles. The summed E-state index contributed by atoms with van der Waals surface area (Å²) >= 11 is 0. The molecule has 0 aliphatic carbocycles. The van der Waals surface area contributed by atoms with Crippen LogP contribution in [0.3, 0.4) is 0 Å². The lowest BCUT2D eigenvalue weighted by Gasteiger charge is -2.33. The maximum Gasteiger partial charge on any atom is 0.216 e. The van der Waals surface area contributed by atoms with Gasteiger partial charge in [-0.2, -0.15) is 4.31 Å². The molecule has 1 aliphatic heterocycles. The highest BCUT2D eigenvalue weighted by atomic mass is 32.2. The largest absolute Gasteiger partial charge is 0.378 e. The van der Waals surface area contributed by atoms with E-state index in [2.05, 4.69) is 5.32 Å². The van der Waals surface area contributed by atoms with Crippen molar-refractivity contribution in [1.82, 2.24) is 9.62 Å². The van der Waals surface area contributed by atoms with Gasteiger partial charge in [0.2, 0.25) is 10.0 Å². The Morgan fingerprint density at radius 3 is 2.68 bits per heavy atom. The molecule has 1 atom stereocenters. The standard InChI is InChI=1S/C13H28N2O3S/c1-4-8-15(13-6-5-7-14-11-13)19(16,17)10-9-18-12(2)3/h12-14H,4-11H2,1-3H3. The first-order chi connectivity index (χ1) is 8.97. The third kappa shape index (κ3) is 5.77. The molecule has 1 heterocycles. The summed E-state index contributed by atoms with van der Waals surface area (Å²) in [6.45, 7) is 8.50. The molecule has 1 N–H and O–H groups in total. The number of ether oxygens (including phenoxy) is 1. The van der Waals surface area contributed by atoms with Gasteiger partial charge in [-0.25, -0.2) is 8.42 Å². The van der Waals surface area contributed by atoms with Gasteiger partial charge in [-0.3, -0.25) is 0 Å². The molecule has 0 radical (unpaired) electrons. The van der Waals surface area contributed by atoms with E-state index in [1.165, 1.54) is 0 Å². The van der Waals surface area contributed by atoms with Crippen molar-refractivity contribution in [2.75, 3.05) is 32.0 Å². The number of piperidine rings is 1. The topological polar surface area (TPSA) is 58.6 Å². The van der Waals surface area contributed by atoms with E-state index in [-0.39, 0.29) is 24.5 Å². The van der Waals surface area contributed by atoms with Gasteiger partial charge in [0.15, 0.2) is 0 Å². The zero-order valence-corrected chi connectivity index (χ0v) is 13.2. The second-order valence-electron chi connectivity index (χ2n) is 5.35. The Morgan fingerprint density at radius 2 is 2.16 bits per heavy atom. The maximum absolute atomic E-state index is 12.4. The lowest BCUT2D eigenvalue weighted by Crippen LogP contribution is -2.50. The molecule has 1 saturated heterocycles. The van der Waals surface area contributed by atoms with Crippen molar-refractivity contribution in [1.29, 1.82) is 0 Å². The number of sulfonamides is 1. The van der Waals surface area contributed by atoms with E-state index in [0.29, 0.717) is 6.54 Å². The van der Waals surface area contributed by atoms with Gasteiger partial charge in [0.25, 0.3) is 0 Å². The van der Waals surface area contributed by atoms with E-state index in [4.69, 9.17) is 4.74 Å². The van der Waals surface area contributed by atoms with E-state index in [0.717, 1.165) is 32.4 Å². The first-order valence-electron chi connectivity index (χ1n) is 7.29. The summed E-state index contributed by atoms with van der Waals surface area (Å²) < 4.78 is 31.9. The fraction of sp³-hybridized carbons (Fsp3) is 1.00. The molecule has 114 valence electrons. The van der Waals surface area contributed by atoms with Crippen molar-refractivity contribution < 1.29 is 13.2 Å². The van der Waals surface area contributed by atoms with Crippen molar-refractivity contribution in [3.8, 4) is 0 Å². The second kappa shape index (κ2) is 8.19. The van der Waals surface area contributed by atoms with Gasteiger partial charge in [-0.05, 0) is 39.7 Å². The molecule has 0 amide bonds. The van der Waals surface area contributed by atoms with Crippen LogP contribution in [0.15, 0.2) is 0 Å². The zero-order chi connectivity index (χ0) is 14.3. The van der Waals surface area contributed by atoms with E-state index in [1.807, 2.05) is 20.8 Å². The van der Waals surface area contributed by atoms with Crippen LogP contribution in [-0.4, -0.2) is 56.9 Å². The number of nitrogens with one attached hydrogen (secondary N) is 1. The summed E-state index contributed by atoms with van der Waals surface area (Å²) in [5.41, 5.74) is 0. The van der Waals surface area contributed by atoms with Gasteiger partial charge >= 0.3 is 0 Å². The Morgan fingerprint density at radius 1 is 1.42 bits per heavy atom. The van der Waals surface area contributed by atoms with Crippen LogP contribution in [0.1, 0.15) is 40.0 Å². The Labute approximate surface area is 117 Å². The number of hydrogen-bond donors (Lipinski definition) is 1. The SMILES string of the molecule is CCCN(C1CCCNC1)S(=O)(=O)CCOC(C)C. The summed E-state index contributed by atoms with van der Waals surface area (Å²) in [4.78, 5) is 0. The van der Waals surface area contributed by atoms with Crippen LogP contribution in [0, 0.1) is 0 Å². The molecule has 0 spiro atoms. The highest BCUT2D eigenvalue weighted by Crippen LogP contribution is 2.16. The molecule has 1 unspecified atom stereocenters. The van der Waals surface area contributed by atoms with Gasteiger partial charge in [-0.1, -0.05) is 6.92 Å². The van der Waals surface area contributed by atoms with E-state index < -0.39 is 10.0 Å². The number of nitrogens with zero attached hydrogens (tertiary/aromatic N) is 1. The Bertz CT molecular complexity index is 338. The highest BCUT2D eigenvalue weighted by Gasteiger charge is 2.29. The first-order valence-corrected chi connectivity index (χ1v) is 8.90. The monoisotopic (exact) mass is 292 g/mol. The van der Waals surface area contributed by atoms with Crippen LogP contribution in [0.5, 0.6) is 0 Å². The van der Waals surface area contributed by atoms with E-state index >= 15 is 0 Å². The first kappa shape index (κ1) is 16.9. The molecule has 0 bridgehead atoms. The minimum Gasteiger partial charge on any atom is -0.378 e. The van der Waals surface area contributed by atoms with Gasteiger partial charge in [0, 0.05) is 19.1 Å². The molecule has 0 aromatic rings. The minimum atomic E-state index is -3.21. The van der Waals surface area contributed by atoms with Crippen LogP contribution in [0.4, 0.5) is 0 Å². The summed E-state index contributed by atoms with van der Waals surface area (Å²) in [6.07, 6.45) is 2.92. The molecule has 6 heteroatoms. The zero-order valence-electron chi connectivity index (χ0n) is 12.4. The maximum atomic E-state index is 12.4. The summed E-state index contributed by atoms with van der Waals surface area (Å²) in [6, 6.07) is 0.109. The molecule has 1 aliphatic rings. The van der Waals surface area contributed by atoms with Gasteiger partial charge in [0.05, 0.1) is 18.5 Å².